The number of aromatic amines is 1. The molecule has 0 unspecified atom stereocenters. The Bertz CT molecular complexity index is 468. The Morgan fingerprint density at radius 3 is 2.73 bits per heavy atom. The molecular weight excluding hydrogens is 206 g/mol. The lowest BCUT2D eigenvalue weighted by atomic mass is 10.0. The number of nitrogen functional groups attached to an aromatic ring is 1. The minimum Gasteiger partial charge on any atom is -0.382 e. The van der Waals surface area contributed by atoms with Crippen molar-refractivity contribution in [1.82, 2.24) is 10.2 Å². The van der Waals surface area contributed by atoms with Crippen LogP contribution >= 0.6 is 11.3 Å². The van der Waals surface area contributed by atoms with Crippen molar-refractivity contribution in [1.29, 1.82) is 0 Å². The predicted molar refractivity (Wildman–Crippen MR) is 65.1 cm³/mol. The van der Waals surface area contributed by atoms with Gasteiger partial charge in [-0.1, -0.05) is 13.8 Å². The van der Waals surface area contributed by atoms with Gasteiger partial charge in [0.15, 0.2) is 0 Å². The summed E-state index contributed by atoms with van der Waals surface area (Å²) in [7, 11) is 0. The summed E-state index contributed by atoms with van der Waals surface area (Å²) in [4.78, 5) is 1.21. The average Bonchev–Trinajstić information content (AvgIpc) is 2.71. The summed E-state index contributed by atoms with van der Waals surface area (Å²) in [6, 6.07) is 2.16. The van der Waals surface area contributed by atoms with Crippen LogP contribution in [0.25, 0.3) is 10.6 Å². The Morgan fingerprint density at radius 1 is 1.47 bits per heavy atom. The molecule has 2 heterocycles. The van der Waals surface area contributed by atoms with Crippen LogP contribution in [0.4, 0.5) is 5.82 Å². The zero-order chi connectivity index (χ0) is 11.0. The van der Waals surface area contributed by atoms with Crippen LogP contribution in [-0.4, -0.2) is 10.2 Å². The molecule has 0 fully saturated rings. The predicted octanol–water partition coefficient (Wildman–Crippen LogP) is 3.15. The zero-order valence-electron chi connectivity index (χ0n) is 9.16. The molecule has 0 amide bonds. The fraction of sp³-hybridized carbons (Fsp3) is 0.364. The molecule has 0 bridgehead atoms. The first-order chi connectivity index (χ1) is 7.09. The Hall–Kier alpha value is -1.29. The first-order valence-electron chi connectivity index (χ1n) is 4.99. The summed E-state index contributed by atoms with van der Waals surface area (Å²) in [6.07, 6.45) is 0. The molecule has 0 saturated heterocycles. The molecule has 0 aliphatic heterocycles. The molecule has 0 aliphatic carbocycles. The summed E-state index contributed by atoms with van der Waals surface area (Å²) in [5.41, 5.74) is 9.32. The number of nitrogens with two attached hydrogens (primary N) is 1. The second-order valence-corrected chi connectivity index (χ2v) is 4.95. The molecule has 0 radical (unpaired) electrons. The summed E-state index contributed by atoms with van der Waals surface area (Å²) < 4.78 is 0. The van der Waals surface area contributed by atoms with Crippen molar-refractivity contribution in [3.8, 4) is 10.6 Å². The highest BCUT2D eigenvalue weighted by Crippen LogP contribution is 2.34. The number of rotatable bonds is 2. The van der Waals surface area contributed by atoms with E-state index >= 15 is 0 Å². The Labute approximate surface area is 93.3 Å². The highest BCUT2D eigenvalue weighted by Gasteiger charge is 2.16. The SMILES string of the molecule is Cc1csc(-c2[nH]nc(N)c2C(C)C)c1. The van der Waals surface area contributed by atoms with Gasteiger partial charge in [-0.15, -0.1) is 11.3 Å². The van der Waals surface area contributed by atoms with Gasteiger partial charge < -0.3 is 5.73 Å². The van der Waals surface area contributed by atoms with Crippen molar-refractivity contribution in [3.05, 3.63) is 22.6 Å². The van der Waals surface area contributed by atoms with E-state index in [1.807, 2.05) is 0 Å². The molecule has 0 aliphatic rings. The Morgan fingerprint density at radius 2 is 2.20 bits per heavy atom. The number of aromatic nitrogens is 2. The van der Waals surface area contributed by atoms with Crippen molar-refractivity contribution >= 4 is 17.2 Å². The number of anilines is 1. The monoisotopic (exact) mass is 221 g/mol. The van der Waals surface area contributed by atoms with Crippen LogP contribution in [0.3, 0.4) is 0 Å². The van der Waals surface area contributed by atoms with Crippen molar-refractivity contribution in [2.24, 2.45) is 0 Å². The molecule has 2 rings (SSSR count). The Balaban J connectivity index is 2.53. The highest BCUT2D eigenvalue weighted by molar-refractivity contribution is 7.13. The van der Waals surface area contributed by atoms with Crippen LogP contribution in [0.15, 0.2) is 11.4 Å². The smallest absolute Gasteiger partial charge is 0.149 e. The van der Waals surface area contributed by atoms with Gasteiger partial charge in [0.05, 0.1) is 10.6 Å². The second-order valence-electron chi connectivity index (χ2n) is 4.04. The quantitative estimate of drug-likeness (QED) is 0.818. The van der Waals surface area contributed by atoms with Crippen molar-refractivity contribution in [2.75, 3.05) is 5.73 Å². The van der Waals surface area contributed by atoms with E-state index in [9.17, 15) is 0 Å². The maximum atomic E-state index is 5.85. The molecule has 2 aromatic rings. The van der Waals surface area contributed by atoms with E-state index in [1.165, 1.54) is 10.4 Å². The molecule has 0 atom stereocenters. The molecule has 3 N–H and O–H groups in total. The van der Waals surface area contributed by atoms with Gasteiger partial charge in [-0.05, 0) is 29.9 Å². The van der Waals surface area contributed by atoms with E-state index in [2.05, 4.69) is 42.4 Å². The van der Waals surface area contributed by atoms with E-state index < -0.39 is 0 Å². The fourth-order valence-corrected chi connectivity index (χ4v) is 2.61. The lowest BCUT2D eigenvalue weighted by Gasteiger charge is -2.05. The van der Waals surface area contributed by atoms with Gasteiger partial charge in [0.2, 0.25) is 0 Å². The summed E-state index contributed by atoms with van der Waals surface area (Å²) in [5, 5.41) is 9.24. The van der Waals surface area contributed by atoms with Gasteiger partial charge in [-0.3, -0.25) is 5.10 Å². The van der Waals surface area contributed by atoms with E-state index in [-0.39, 0.29) is 0 Å². The van der Waals surface area contributed by atoms with Crippen molar-refractivity contribution < 1.29 is 0 Å². The topological polar surface area (TPSA) is 54.7 Å². The minimum absolute atomic E-state index is 0.390. The van der Waals surface area contributed by atoms with Crippen LogP contribution in [0.5, 0.6) is 0 Å². The lowest BCUT2D eigenvalue weighted by molar-refractivity contribution is 0.873. The third-order valence-corrected chi connectivity index (χ3v) is 3.45. The molecule has 80 valence electrons. The van der Waals surface area contributed by atoms with Gasteiger partial charge in [0.25, 0.3) is 0 Å². The number of hydrogen-bond donors (Lipinski definition) is 2. The summed E-state index contributed by atoms with van der Waals surface area (Å²) in [5.74, 6) is 1.01. The van der Waals surface area contributed by atoms with E-state index in [0.717, 1.165) is 11.3 Å². The molecule has 15 heavy (non-hydrogen) atoms. The summed E-state index contributed by atoms with van der Waals surface area (Å²) >= 11 is 1.72. The number of aryl methyl sites for hydroxylation is 1. The largest absolute Gasteiger partial charge is 0.382 e. The van der Waals surface area contributed by atoms with Gasteiger partial charge in [-0.25, -0.2) is 0 Å². The first-order valence-corrected chi connectivity index (χ1v) is 5.86. The third-order valence-electron chi connectivity index (χ3n) is 2.39. The average molecular weight is 221 g/mol. The normalized spacial score (nSPS) is 11.2. The molecule has 4 heteroatoms. The Kier molecular flexibility index (Phi) is 2.52. The summed E-state index contributed by atoms with van der Waals surface area (Å²) in [6.45, 7) is 6.35. The molecule has 0 aromatic carbocycles. The van der Waals surface area contributed by atoms with Gasteiger partial charge in [-0.2, -0.15) is 5.10 Å². The van der Waals surface area contributed by atoms with Gasteiger partial charge in [0.1, 0.15) is 5.82 Å². The van der Waals surface area contributed by atoms with E-state index in [0.29, 0.717) is 11.7 Å². The maximum absolute atomic E-state index is 5.85. The van der Waals surface area contributed by atoms with Crippen LogP contribution in [0.1, 0.15) is 30.9 Å². The number of nitrogens with zero attached hydrogens (tertiary/aromatic N) is 1. The highest BCUT2D eigenvalue weighted by atomic mass is 32.1. The number of thiophene rings is 1. The van der Waals surface area contributed by atoms with Crippen LogP contribution in [0, 0.1) is 6.92 Å². The standard InChI is InChI=1S/C11H15N3S/c1-6(2)9-10(13-14-11(9)12)8-4-7(3)5-15-8/h4-6H,1-3H3,(H3,12,13,14). The second kappa shape index (κ2) is 3.70. The lowest BCUT2D eigenvalue weighted by Crippen LogP contribution is -1.94. The third kappa shape index (κ3) is 1.77. The van der Waals surface area contributed by atoms with E-state index in [1.54, 1.807) is 11.3 Å². The molecule has 2 aromatic heterocycles. The van der Waals surface area contributed by atoms with Gasteiger partial charge in [0, 0.05) is 5.56 Å². The van der Waals surface area contributed by atoms with Crippen molar-refractivity contribution in [3.63, 3.8) is 0 Å². The molecule has 3 nitrogen and oxygen atoms in total. The molecule has 0 spiro atoms. The van der Waals surface area contributed by atoms with Crippen LogP contribution in [-0.2, 0) is 0 Å². The molecular formula is C11H15N3S. The molecule has 0 saturated carbocycles. The fourth-order valence-electron chi connectivity index (χ4n) is 1.70. The van der Waals surface area contributed by atoms with Crippen molar-refractivity contribution in [2.45, 2.75) is 26.7 Å². The number of H-pyrrole nitrogens is 1. The van der Waals surface area contributed by atoms with E-state index in [4.69, 9.17) is 5.73 Å². The zero-order valence-corrected chi connectivity index (χ0v) is 9.98. The first kappa shape index (κ1) is 10.2. The van der Waals surface area contributed by atoms with Gasteiger partial charge >= 0.3 is 0 Å². The maximum Gasteiger partial charge on any atom is 0.149 e. The minimum atomic E-state index is 0.390. The van der Waals surface area contributed by atoms with Crippen LogP contribution < -0.4 is 5.73 Å². The number of nitrogens with one attached hydrogen (secondary N) is 1. The van der Waals surface area contributed by atoms with Crippen LogP contribution in [0.2, 0.25) is 0 Å². The number of hydrogen-bond acceptors (Lipinski definition) is 3.